The van der Waals surface area contributed by atoms with Crippen LogP contribution in [0.5, 0.6) is 0 Å². The SMILES string of the molecule is CC(C)(C)c1ccc2c(c1)c1cc(C(C)(C)C)ccc1n2-c1cc2c3c(c1)N(c1ccccc1-c1ccccc1)c1cc(-c4cccc(-n5c6ccccc6c6ccccc65)c4-n4c5ccccc5c5ccccc54)ccc1B3c1ccc(-c3cccc(-n4c5ccccc5c5ccccc54)c3-n3c4ccccc4c4ccccc43)cc1S2. The Morgan fingerprint density at radius 2 is 0.593 bits per heavy atom. The number of aromatic nitrogens is 5. The molecule has 118 heavy (non-hydrogen) atoms. The molecule has 0 radical (unpaired) electrons. The smallest absolute Gasteiger partial charge is 0.249 e. The molecule has 0 saturated carbocycles. The summed E-state index contributed by atoms with van der Waals surface area (Å²) in [5.41, 5.74) is 33.6. The Labute approximate surface area is 689 Å². The Morgan fingerprint density at radius 3 is 1.03 bits per heavy atom. The quantitative estimate of drug-likeness (QED) is 0.135. The van der Waals surface area contributed by atoms with Gasteiger partial charge in [0.25, 0.3) is 0 Å². The van der Waals surface area contributed by atoms with Gasteiger partial charge in [0.05, 0.1) is 83.6 Å². The van der Waals surface area contributed by atoms with Crippen molar-refractivity contribution in [2.45, 2.75) is 62.2 Å². The number of hydrogen-bond acceptors (Lipinski definition) is 2. The summed E-state index contributed by atoms with van der Waals surface area (Å²) < 4.78 is 12.7. The van der Waals surface area contributed by atoms with Crippen LogP contribution < -0.4 is 21.3 Å². The van der Waals surface area contributed by atoms with Crippen LogP contribution in [0, 0.1) is 0 Å². The van der Waals surface area contributed by atoms with E-state index in [0.29, 0.717) is 0 Å². The number of para-hydroxylation sites is 11. The van der Waals surface area contributed by atoms with E-state index in [2.05, 4.69) is 439 Å². The lowest BCUT2D eigenvalue weighted by Crippen LogP contribution is -2.59. The van der Waals surface area contributed by atoms with Gasteiger partial charge in [-0.1, -0.05) is 314 Å². The Morgan fingerprint density at radius 1 is 0.229 bits per heavy atom. The molecule has 0 aliphatic carbocycles. The second-order valence-corrected chi connectivity index (χ2v) is 35.4. The Hall–Kier alpha value is -14.0. The average molecular weight is 1530 g/mol. The molecule has 2 aliphatic heterocycles. The molecule has 0 fully saturated rings. The molecule has 558 valence electrons. The van der Waals surface area contributed by atoms with E-state index in [4.69, 9.17) is 0 Å². The normalized spacial score (nSPS) is 12.9. The standard InChI is InChI=1S/C110H79BN6S/c1-109(2,3)71-56-60-98-85(64-71)86-65-72(110(4,5)6)57-61-99(86)112(98)73-66-103-106-105(67-73)118-104-63-70(76-42-29-53-101(114-92-46-22-13-35-79(92)80-36-14-23-47-93(80)114)108(76)117-96-50-26-17-39-83(96)84-40-18-27-51-97(84)117)55-59-88(104)111(106)87-58-54-69(62-102(87)115(103)89-43-19-10-32-74(89)68-30-8-7-9-31-68)75-41-28-52-100(113-90-44-20-11-33-77(90)78-34-12-21-45-91(78)113)107(75)116-94-48-24-15-37-81(94)82-38-16-25-49-95(82)116/h7-67H,1-6H3. The van der Waals surface area contributed by atoms with Crippen LogP contribution in [0.25, 0.3) is 171 Å². The predicted octanol–water partition coefficient (Wildman–Crippen LogP) is 27.5. The van der Waals surface area contributed by atoms with Gasteiger partial charge in [-0.3, -0.25) is 0 Å². The van der Waals surface area contributed by atoms with E-state index in [1.54, 1.807) is 0 Å². The highest BCUT2D eigenvalue weighted by atomic mass is 32.2. The monoisotopic (exact) mass is 1530 g/mol. The van der Waals surface area contributed by atoms with Crippen molar-refractivity contribution in [3.63, 3.8) is 0 Å². The first-order valence-electron chi connectivity index (χ1n) is 41.3. The van der Waals surface area contributed by atoms with E-state index in [1.807, 2.05) is 11.8 Å². The fourth-order valence-corrected chi connectivity index (χ4v) is 21.5. The maximum absolute atomic E-state index is 2.66. The van der Waals surface area contributed by atoms with Crippen LogP contribution >= 0.6 is 11.8 Å². The molecule has 0 saturated heterocycles. The van der Waals surface area contributed by atoms with Gasteiger partial charge in [-0.15, -0.1) is 0 Å². The molecule has 17 aromatic carbocycles. The number of nitrogens with zero attached hydrogens (tertiary/aromatic N) is 6. The minimum Gasteiger partial charge on any atom is -0.311 e. The molecule has 0 bridgehead atoms. The summed E-state index contributed by atoms with van der Waals surface area (Å²) in [5, 5.41) is 12.3. The number of hydrogen-bond donors (Lipinski definition) is 0. The Balaban J connectivity index is 0.807. The fraction of sp³-hybridized carbons (Fsp3) is 0.0727. The maximum Gasteiger partial charge on any atom is 0.249 e. The van der Waals surface area contributed by atoms with Gasteiger partial charge in [-0.05, 0) is 165 Å². The third-order valence-corrected chi connectivity index (χ3v) is 26.8. The summed E-state index contributed by atoms with van der Waals surface area (Å²) in [4.78, 5) is 5.11. The molecule has 24 rings (SSSR count). The van der Waals surface area contributed by atoms with E-state index in [9.17, 15) is 0 Å². The van der Waals surface area contributed by atoms with Crippen molar-refractivity contribution in [3.8, 4) is 61.8 Å². The first-order chi connectivity index (χ1) is 57.9. The zero-order valence-corrected chi connectivity index (χ0v) is 67.2. The molecule has 0 N–H and O–H groups in total. The van der Waals surface area contributed by atoms with Gasteiger partial charge in [0, 0.05) is 97.4 Å². The van der Waals surface area contributed by atoms with Gasteiger partial charge in [0.15, 0.2) is 0 Å². The predicted molar refractivity (Wildman–Crippen MR) is 502 cm³/mol. The zero-order valence-electron chi connectivity index (χ0n) is 66.4. The first-order valence-corrected chi connectivity index (χ1v) is 42.1. The zero-order chi connectivity index (χ0) is 78.6. The molecule has 8 heteroatoms. The van der Waals surface area contributed by atoms with Gasteiger partial charge < -0.3 is 27.7 Å². The highest BCUT2D eigenvalue weighted by molar-refractivity contribution is 8.00. The van der Waals surface area contributed by atoms with E-state index in [1.165, 1.54) is 102 Å². The van der Waals surface area contributed by atoms with Crippen molar-refractivity contribution in [1.29, 1.82) is 0 Å². The highest BCUT2D eigenvalue weighted by Crippen LogP contribution is 2.52. The lowest BCUT2D eigenvalue weighted by Gasteiger charge is -2.41. The van der Waals surface area contributed by atoms with Crippen molar-refractivity contribution in [2.24, 2.45) is 0 Å². The van der Waals surface area contributed by atoms with Gasteiger partial charge in [-0.25, -0.2) is 0 Å². The third kappa shape index (κ3) is 10.1. The molecule has 0 atom stereocenters. The minimum atomic E-state index is -0.197. The van der Waals surface area contributed by atoms with Crippen LogP contribution in [0.2, 0.25) is 0 Å². The minimum absolute atomic E-state index is 0.0792. The molecule has 7 heterocycles. The van der Waals surface area contributed by atoms with Crippen molar-refractivity contribution in [3.05, 3.63) is 381 Å². The summed E-state index contributed by atoms with van der Waals surface area (Å²) in [5.74, 6) is 0. The average Bonchev–Trinajstić information content (AvgIpc) is 0.798. The number of anilines is 3. The molecular formula is C110H79BN6S. The molecule has 22 aromatic rings. The van der Waals surface area contributed by atoms with E-state index in [0.717, 1.165) is 123 Å². The van der Waals surface area contributed by atoms with Gasteiger partial charge >= 0.3 is 0 Å². The van der Waals surface area contributed by atoms with E-state index < -0.39 is 0 Å². The summed E-state index contributed by atoms with van der Waals surface area (Å²) >= 11 is 1.93. The Kier molecular flexibility index (Phi) is 14.9. The van der Waals surface area contributed by atoms with Gasteiger partial charge in [0.2, 0.25) is 6.71 Å². The summed E-state index contributed by atoms with van der Waals surface area (Å²) in [6.07, 6.45) is 0. The largest absolute Gasteiger partial charge is 0.311 e. The molecule has 5 aromatic heterocycles. The Bertz CT molecular complexity index is 7740. The van der Waals surface area contributed by atoms with Gasteiger partial charge in [-0.2, -0.15) is 0 Å². The highest BCUT2D eigenvalue weighted by Gasteiger charge is 2.43. The summed E-state index contributed by atoms with van der Waals surface area (Å²) in [6, 6.07) is 141. The third-order valence-electron chi connectivity index (χ3n) is 25.6. The molecule has 0 spiro atoms. The van der Waals surface area contributed by atoms with Crippen molar-refractivity contribution < 1.29 is 0 Å². The second kappa shape index (κ2) is 25.7. The van der Waals surface area contributed by atoms with E-state index in [-0.39, 0.29) is 17.5 Å². The first kappa shape index (κ1) is 68.4. The van der Waals surface area contributed by atoms with Crippen LogP contribution in [0.15, 0.2) is 380 Å². The van der Waals surface area contributed by atoms with Gasteiger partial charge in [0.1, 0.15) is 0 Å². The fourth-order valence-electron chi connectivity index (χ4n) is 20.3. The molecule has 2 aliphatic rings. The van der Waals surface area contributed by atoms with Crippen LogP contribution in [0.1, 0.15) is 52.7 Å². The molecule has 0 amide bonds. The van der Waals surface area contributed by atoms with Crippen molar-refractivity contribution in [1.82, 2.24) is 22.8 Å². The van der Waals surface area contributed by atoms with Crippen LogP contribution in [-0.4, -0.2) is 29.5 Å². The topological polar surface area (TPSA) is 27.9 Å². The van der Waals surface area contributed by atoms with Crippen LogP contribution in [-0.2, 0) is 10.8 Å². The molecule has 0 unspecified atom stereocenters. The number of benzene rings is 17. The maximum atomic E-state index is 2.66. The molecule has 6 nitrogen and oxygen atoms in total. The summed E-state index contributed by atoms with van der Waals surface area (Å²) in [7, 11) is 0. The second-order valence-electron chi connectivity index (χ2n) is 34.3. The van der Waals surface area contributed by atoms with Crippen LogP contribution in [0.4, 0.5) is 17.1 Å². The lowest BCUT2D eigenvalue weighted by molar-refractivity contribution is 0.590. The van der Waals surface area contributed by atoms with Crippen molar-refractivity contribution in [2.75, 3.05) is 4.90 Å². The number of fused-ring (bicyclic) bond motifs is 19. The summed E-state index contributed by atoms with van der Waals surface area (Å²) in [6.45, 7) is 13.8. The lowest BCUT2D eigenvalue weighted by atomic mass is 9.34. The van der Waals surface area contributed by atoms with Crippen molar-refractivity contribution >= 4 is 161 Å². The molecular weight excluding hydrogens is 1450 g/mol. The number of rotatable bonds is 9. The van der Waals surface area contributed by atoms with Crippen LogP contribution in [0.3, 0.4) is 0 Å². The van der Waals surface area contributed by atoms with E-state index >= 15 is 0 Å².